The fourth-order valence-electron chi connectivity index (χ4n) is 2.86. The number of imide groups is 1. The molecule has 1 heterocycles. The summed E-state index contributed by atoms with van der Waals surface area (Å²) >= 11 is 5.94. The predicted octanol–water partition coefficient (Wildman–Crippen LogP) is 3.35. The number of nitrogens with one attached hydrogen (secondary N) is 2. The molecule has 27 heavy (non-hydrogen) atoms. The first-order valence-corrected chi connectivity index (χ1v) is 9.10. The number of amides is 4. The summed E-state index contributed by atoms with van der Waals surface area (Å²) in [4.78, 5) is 36.6. The molecule has 6 nitrogen and oxygen atoms in total. The van der Waals surface area contributed by atoms with Crippen molar-refractivity contribution in [2.45, 2.75) is 25.8 Å². The van der Waals surface area contributed by atoms with Crippen molar-refractivity contribution < 1.29 is 14.4 Å². The third kappa shape index (κ3) is 5.31. The molecule has 1 saturated heterocycles. The van der Waals surface area contributed by atoms with Gasteiger partial charge in [-0.1, -0.05) is 35.9 Å². The van der Waals surface area contributed by atoms with E-state index in [2.05, 4.69) is 10.6 Å². The summed E-state index contributed by atoms with van der Waals surface area (Å²) in [7, 11) is 0. The largest absolute Gasteiger partial charge is 0.338 e. The Kier molecular flexibility index (Phi) is 6.08. The molecular weight excluding hydrogens is 366 g/mol. The van der Waals surface area contributed by atoms with E-state index in [4.69, 9.17) is 11.6 Å². The second-order valence-electron chi connectivity index (χ2n) is 6.33. The standard InChI is InChI=1S/C20H20ClN3O3/c21-16-3-1-2-14(12-16)10-11-22-20(27)23-17-6-4-15(5-7-17)13-24-18(25)8-9-19(24)26/h1-7,12H,8-11,13H2,(H2,22,23,27). The van der Waals surface area contributed by atoms with Crippen molar-refractivity contribution in [1.29, 1.82) is 0 Å². The number of rotatable bonds is 6. The minimum Gasteiger partial charge on any atom is -0.338 e. The highest BCUT2D eigenvalue weighted by atomic mass is 35.5. The van der Waals surface area contributed by atoms with Gasteiger partial charge in [-0.25, -0.2) is 4.79 Å². The van der Waals surface area contributed by atoms with Crippen molar-refractivity contribution in [3.05, 3.63) is 64.7 Å². The number of anilines is 1. The van der Waals surface area contributed by atoms with Gasteiger partial charge in [0, 0.05) is 30.1 Å². The van der Waals surface area contributed by atoms with E-state index in [0.717, 1.165) is 11.1 Å². The van der Waals surface area contributed by atoms with Crippen LogP contribution < -0.4 is 10.6 Å². The topological polar surface area (TPSA) is 78.5 Å². The Hall–Kier alpha value is -2.86. The molecule has 0 atom stereocenters. The minimum absolute atomic E-state index is 0.138. The van der Waals surface area contributed by atoms with E-state index in [9.17, 15) is 14.4 Å². The van der Waals surface area contributed by atoms with Gasteiger partial charge in [0.15, 0.2) is 0 Å². The van der Waals surface area contributed by atoms with Crippen molar-refractivity contribution in [2.75, 3.05) is 11.9 Å². The van der Waals surface area contributed by atoms with Crippen LogP contribution in [-0.4, -0.2) is 29.3 Å². The predicted molar refractivity (Wildman–Crippen MR) is 103 cm³/mol. The van der Waals surface area contributed by atoms with Gasteiger partial charge in [-0.2, -0.15) is 0 Å². The number of carbonyl (C=O) groups is 3. The monoisotopic (exact) mass is 385 g/mol. The molecule has 1 aliphatic heterocycles. The lowest BCUT2D eigenvalue weighted by Crippen LogP contribution is -2.30. The lowest BCUT2D eigenvalue weighted by atomic mass is 10.1. The van der Waals surface area contributed by atoms with E-state index in [1.807, 2.05) is 24.3 Å². The normalized spacial score (nSPS) is 13.7. The summed E-state index contributed by atoms with van der Waals surface area (Å²) in [5, 5.41) is 6.22. The van der Waals surface area contributed by atoms with Crippen molar-refractivity contribution >= 4 is 35.1 Å². The van der Waals surface area contributed by atoms with Gasteiger partial charge in [0.25, 0.3) is 0 Å². The van der Waals surface area contributed by atoms with Crippen LogP contribution in [0.3, 0.4) is 0 Å². The SMILES string of the molecule is O=C(NCCc1cccc(Cl)c1)Nc1ccc(CN2C(=O)CCC2=O)cc1. The van der Waals surface area contributed by atoms with Crippen molar-refractivity contribution in [1.82, 2.24) is 10.2 Å². The zero-order chi connectivity index (χ0) is 19.2. The molecule has 0 saturated carbocycles. The Morgan fingerprint density at radius 3 is 2.37 bits per heavy atom. The smallest absolute Gasteiger partial charge is 0.319 e. The molecule has 0 bridgehead atoms. The minimum atomic E-state index is -0.297. The van der Waals surface area contributed by atoms with Crippen LogP contribution in [0.1, 0.15) is 24.0 Å². The molecule has 0 aliphatic carbocycles. The summed E-state index contributed by atoms with van der Waals surface area (Å²) in [6.07, 6.45) is 1.26. The van der Waals surface area contributed by atoms with E-state index < -0.39 is 0 Å². The third-order valence-corrected chi connectivity index (χ3v) is 4.53. The number of likely N-dealkylation sites (tertiary alicyclic amines) is 1. The maximum atomic E-state index is 12.0. The first-order valence-electron chi connectivity index (χ1n) is 8.73. The van der Waals surface area contributed by atoms with E-state index in [1.54, 1.807) is 24.3 Å². The van der Waals surface area contributed by atoms with Crippen LogP contribution in [0, 0.1) is 0 Å². The van der Waals surface area contributed by atoms with Gasteiger partial charge in [-0.05, 0) is 41.8 Å². The average Bonchev–Trinajstić information content (AvgIpc) is 2.95. The van der Waals surface area contributed by atoms with Crippen LogP contribution in [0.15, 0.2) is 48.5 Å². The molecule has 2 N–H and O–H groups in total. The summed E-state index contributed by atoms with van der Waals surface area (Å²) < 4.78 is 0. The molecule has 2 aromatic rings. The van der Waals surface area contributed by atoms with Gasteiger partial charge in [0.05, 0.1) is 6.54 Å². The van der Waals surface area contributed by atoms with Gasteiger partial charge < -0.3 is 10.6 Å². The first-order chi connectivity index (χ1) is 13.0. The third-order valence-electron chi connectivity index (χ3n) is 4.30. The lowest BCUT2D eigenvalue weighted by Gasteiger charge is -2.14. The van der Waals surface area contributed by atoms with Gasteiger partial charge in [0.2, 0.25) is 11.8 Å². The molecule has 1 fully saturated rings. The number of nitrogens with zero attached hydrogens (tertiary/aromatic N) is 1. The fourth-order valence-corrected chi connectivity index (χ4v) is 3.08. The van der Waals surface area contributed by atoms with Gasteiger partial charge >= 0.3 is 6.03 Å². The molecule has 0 aromatic heterocycles. The highest BCUT2D eigenvalue weighted by Crippen LogP contribution is 2.17. The fraction of sp³-hybridized carbons (Fsp3) is 0.250. The molecule has 7 heteroatoms. The maximum absolute atomic E-state index is 12.0. The molecule has 2 aromatic carbocycles. The van der Waals surface area contributed by atoms with E-state index >= 15 is 0 Å². The van der Waals surface area contributed by atoms with Crippen LogP contribution in [0.5, 0.6) is 0 Å². The summed E-state index contributed by atoms with van der Waals surface area (Å²) in [5.41, 5.74) is 2.53. The van der Waals surface area contributed by atoms with Crippen LogP contribution in [0.25, 0.3) is 0 Å². The quantitative estimate of drug-likeness (QED) is 0.748. The van der Waals surface area contributed by atoms with Crippen molar-refractivity contribution in [2.24, 2.45) is 0 Å². The second-order valence-corrected chi connectivity index (χ2v) is 6.77. The zero-order valence-corrected chi connectivity index (χ0v) is 15.5. The highest BCUT2D eigenvalue weighted by Gasteiger charge is 2.28. The van der Waals surface area contributed by atoms with E-state index in [0.29, 0.717) is 23.7 Å². The van der Waals surface area contributed by atoms with Gasteiger partial charge in [-0.15, -0.1) is 0 Å². The van der Waals surface area contributed by atoms with Crippen LogP contribution in [0.4, 0.5) is 10.5 Å². The Labute approximate surface area is 162 Å². The summed E-state index contributed by atoms with van der Waals surface area (Å²) in [6, 6.07) is 14.3. The molecule has 0 spiro atoms. The second kappa shape index (κ2) is 8.68. The van der Waals surface area contributed by atoms with Crippen LogP contribution in [-0.2, 0) is 22.6 Å². The molecule has 0 unspecified atom stereocenters. The Bertz CT molecular complexity index is 836. The summed E-state index contributed by atoms with van der Waals surface area (Å²) in [6.45, 7) is 0.757. The Balaban J connectivity index is 1.45. The van der Waals surface area contributed by atoms with E-state index in [-0.39, 0.29) is 37.2 Å². The molecule has 140 valence electrons. The number of hydrogen-bond acceptors (Lipinski definition) is 3. The number of benzene rings is 2. The number of urea groups is 1. The summed E-state index contributed by atoms with van der Waals surface area (Å²) in [5.74, 6) is -0.275. The maximum Gasteiger partial charge on any atom is 0.319 e. The zero-order valence-electron chi connectivity index (χ0n) is 14.7. The molecular formula is C20H20ClN3O3. The van der Waals surface area contributed by atoms with Gasteiger partial charge in [0.1, 0.15) is 0 Å². The first kappa shape index (κ1) is 18.9. The Morgan fingerprint density at radius 1 is 1.00 bits per heavy atom. The Morgan fingerprint density at radius 2 is 1.70 bits per heavy atom. The lowest BCUT2D eigenvalue weighted by molar-refractivity contribution is -0.139. The number of halogens is 1. The average molecular weight is 386 g/mol. The van der Waals surface area contributed by atoms with Crippen LogP contribution >= 0.6 is 11.6 Å². The molecule has 1 aliphatic rings. The van der Waals surface area contributed by atoms with Crippen LogP contribution in [0.2, 0.25) is 5.02 Å². The number of carbonyl (C=O) groups excluding carboxylic acids is 3. The van der Waals surface area contributed by atoms with Gasteiger partial charge in [-0.3, -0.25) is 14.5 Å². The van der Waals surface area contributed by atoms with E-state index in [1.165, 1.54) is 4.90 Å². The number of hydrogen-bond donors (Lipinski definition) is 2. The molecule has 0 radical (unpaired) electrons. The molecule has 4 amide bonds. The highest BCUT2D eigenvalue weighted by molar-refractivity contribution is 6.30. The molecule has 3 rings (SSSR count). The van der Waals surface area contributed by atoms with Crippen molar-refractivity contribution in [3.8, 4) is 0 Å². The van der Waals surface area contributed by atoms with Crippen molar-refractivity contribution in [3.63, 3.8) is 0 Å².